The van der Waals surface area contributed by atoms with E-state index < -0.39 is 12.1 Å². The third-order valence-corrected chi connectivity index (χ3v) is 1.96. The molecule has 0 bridgehead atoms. The Hall–Kier alpha value is -2.15. The normalized spacial score (nSPS) is 11.3. The first-order valence-corrected chi connectivity index (χ1v) is 4.62. The molecular weight excluding hydrogens is 208 g/mol. The van der Waals surface area contributed by atoms with E-state index in [1.165, 1.54) is 19.2 Å². The molecule has 0 saturated heterocycles. The molecule has 1 aromatic rings. The fourth-order valence-electron chi connectivity index (χ4n) is 1.13. The average molecular weight is 220 g/mol. The van der Waals surface area contributed by atoms with Gasteiger partial charge in [-0.3, -0.25) is 0 Å². The minimum Gasteiger partial charge on any atom is -0.497 e. The molecular formula is C12H12O4. The van der Waals surface area contributed by atoms with Crippen LogP contribution in [0.2, 0.25) is 0 Å². The van der Waals surface area contributed by atoms with Crippen LogP contribution in [0.25, 0.3) is 0 Å². The van der Waals surface area contributed by atoms with Gasteiger partial charge in [-0.1, -0.05) is 5.92 Å². The molecule has 0 aliphatic heterocycles. The lowest BCUT2D eigenvalue weighted by Gasteiger charge is -2.12. The van der Waals surface area contributed by atoms with Crippen molar-refractivity contribution in [3.05, 3.63) is 23.8 Å². The van der Waals surface area contributed by atoms with Crippen LogP contribution in [-0.4, -0.2) is 24.3 Å². The van der Waals surface area contributed by atoms with Crippen molar-refractivity contribution < 1.29 is 19.4 Å². The summed E-state index contributed by atoms with van der Waals surface area (Å²) in [6.45, 7) is 1.66. The first kappa shape index (κ1) is 11.9. The van der Waals surface area contributed by atoms with E-state index in [-0.39, 0.29) is 11.3 Å². The monoisotopic (exact) mass is 220 g/mol. The van der Waals surface area contributed by atoms with Crippen molar-refractivity contribution >= 4 is 5.97 Å². The maximum atomic E-state index is 10.9. The van der Waals surface area contributed by atoms with Crippen LogP contribution in [-0.2, 0) is 0 Å². The molecule has 0 radical (unpaired) electrons. The van der Waals surface area contributed by atoms with Crippen LogP contribution in [0.5, 0.6) is 11.5 Å². The zero-order valence-electron chi connectivity index (χ0n) is 9.06. The molecule has 0 fully saturated rings. The van der Waals surface area contributed by atoms with Crippen molar-refractivity contribution in [2.45, 2.75) is 13.0 Å². The molecule has 84 valence electrons. The van der Waals surface area contributed by atoms with Crippen molar-refractivity contribution in [2.75, 3.05) is 7.11 Å². The predicted octanol–water partition coefficient (Wildman–Crippen LogP) is 1.79. The van der Waals surface area contributed by atoms with Crippen molar-refractivity contribution in [3.63, 3.8) is 0 Å². The highest BCUT2D eigenvalue weighted by Crippen LogP contribution is 2.25. The number of aromatic carboxylic acids is 1. The van der Waals surface area contributed by atoms with Gasteiger partial charge in [0.2, 0.25) is 0 Å². The molecule has 1 N–H and O–H groups in total. The standard InChI is InChI=1S/C12H12O4/c1-4-8(2)16-11-7-9(15-3)5-6-10(11)12(13)14/h1,5-8H,2-3H3,(H,13,14). The van der Waals surface area contributed by atoms with Gasteiger partial charge in [0.15, 0.2) is 6.10 Å². The molecule has 4 nitrogen and oxygen atoms in total. The topological polar surface area (TPSA) is 55.8 Å². The van der Waals surface area contributed by atoms with E-state index in [9.17, 15) is 4.79 Å². The summed E-state index contributed by atoms with van der Waals surface area (Å²) in [5.74, 6) is 2.02. The zero-order valence-corrected chi connectivity index (χ0v) is 9.06. The van der Waals surface area contributed by atoms with Crippen molar-refractivity contribution in [1.29, 1.82) is 0 Å². The lowest BCUT2D eigenvalue weighted by atomic mass is 10.2. The summed E-state index contributed by atoms with van der Waals surface area (Å²) in [7, 11) is 1.49. The van der Waals surface area contributed by atoms with E-state index in [2.05, 4.69) is 5.92 Å². The van der Waals surface area contributed by atoms with E-state index in [1.54, 1.807) is 13.0 Å². The molecule has 0 aromatic heterocycles. The first-order valence-electron chi connectivity index (χ1n) is 4.62. The summed E-state index contributed by atoms with van der Waals surface area (Å²) in [5.41, 5.74) is 0.0582. The Bertz CT molecular complexity index is 431. The molecule has 0 amide bonds. The van der Waals surface area contributed by atoms with Crippen molar-refractivity contribution in [1.82, 2.24) is 0 Å². The Morgan fingerprint density at radius 2 is 2.25 bits per heavy atom. The van der Waals surface area contributed by atoms with E-state index >= 15 is 0 Å². The highest BCUT2D eigenvalue weighted by atomic mass is 16.5. The quantitative estimate of drug-likeness (QED) is 0.786. The third-order valence-electron chi connectivity index (χ3n) is 1.96. The van der Waals surface area contributed by atoms with Crippen LogP contribution in [0.3, 0.4) is 0 Å². The second-order valence-corrected chi connectivity index (χ2v) is 3.09. The van der Waals surface area contributed by atoms with Gasteiger partial charge in [0.1, 0.15) is 17.1 Å². The van der Waals surface area contributed by atoms with Gasteiger partial charge in [0.25, 0.3) is 0 Å². The smallest absolute Gasteiger partial charge is 0.339 e. The zero-order chi connectivity index (χ0) is 12.1. The molecule has 1 aromatic carbocycles. The number of ether oxygens (including phenoxy) is 2. The maximum absolute atomic E-state index is 10.9. The van der Waals surface area contributed by atoms with Crippen molar-refractivity contribution in [3.8, 4) is 23.8 Å². The summed E-state index contributed by atoms with van der Waals surface area (Å²) in [6, 6.07) is 4.47. The average Bonchev–Trinajstić information content (AvgIpc) is 2.28. The van der Waals surface area contributed by atoms with Gasteiger partial charge in [-0.15, -0.1) is 6.42 Å². The molecule has 0 aliphatic carbocycles. The van der Waals surface area contributed by atoms with Crippen LogP contribution in [0, 0.1) is 12.3 Å². The Morgan fingerprint density at radius 3 is 2.75 bits per heavy atom. The first-order chi connectivity index (χ1) is 7.58. The number of rotatable bonds is 4. The largest absolute Gasteiger partial charge is 0.497 e. The van der Waals surface area contributed by atoms with E-state index in [0.717, 1.165) is 0 Å². The molecule has 4 heteroatoms. The Labute approximate surface area is 93.8 Å². The van der Waals surface area contributed by atoms with Crippen LogP contribution in [0.4, 0.5) is 0 Å². The van der Waals surface area contributed by atoms with E-state index in [4.69, 9.17) is 21.0 Å². The highest BCUT2D eigenvalue weighted by Gasteiger charge is 2.13. The second-order valence-electron chi connectivity index (χ2n) is 3.09. The van der Waals surface area contributed by atoms with Crippen LogP contribution in [0.15, 0.2) is 18.2 Å². The molecule has 0 saturated carbocycles. The number of carbonyl (C=O) groups is 1. The van der Waals surface area contributed by atoms with Gasteiger partial charge in [-0.05, 0) is 19.1 Å². The molecule has 0 spiro atoms. The number of benzene rings is 1. The lowest BCUT2D eigenvalue weighted by Crippen LogP contribution is -2.11. The molecule has 0 heterocycles. The molecule has 0 aliphatic rings. The molecule has 1 atom stereocenters. The summed E-state index contributed by atoms with van der Waals surface area (Å²) in [6.07, 6.45) is 4.67. The van der Waals surface area contributed by atoms with Gasteiger partial charge in [-0.25, -0.2) is 4.79 Å². The summed E-state index contributed by atoms with van der Waals surface area (Å²) < 4.78 is 10.3. The molecule has 1 unspecified atom stereocenters. The number of carboxylic acids is 1. The summed E-state index contributed by atoms with van der Waals surface area (Å²) >= 11 is 0. The number of methoxy groups -OCH3 is 1. The number of terminal acetylenes is 1. The van der Waals surface area contributed by atoms with Gasteiger partial charge >= 0.3 is 5.97 Å². The fourth-order valence-corrected chi connectivity index (χ4v) is 1.13. The van der Waals surface area contributed by atoms with Gasteiger partial charge in [0, 0.05) is 6.07 Å². The van der Waals surface area contributed by atoms with Crippen LogP contribution < -0.4 is 9.47 Å². The molecule has 16 heavy (non-hydrogen) atoms. The van der Waals surface area contributed by atoms with Gasteiger partial charge in [-0.2, -0.15) is 0 Å². The Morgan fingerprint density at radius 1 is 1.56 bits per heavy atom. The summed E-state index contributed by atoms with van der Waals surface area (Å²) in [5, 5.41) is 8.94. The molecule has 1 rings (SSSR count). The SMILES string of the molecule is C#CC(C)Oc1cc(OC)ccc1C(=O)O. The highest BCUT2D eigenvalue weighted by molar-refractivity contribution is 5.91. The number of carboxylic acid groups (broad SMARTS) is 1. The number of hydrogen-bond acceptors (Lipinski definition) is 3. The van der Waals surface area contributed by atoms with Gasteiger partial charge < -0.3 is 14.6 Å². The third kappa shape index (κ3) is 2.67. The number of hydrogen-bond donors (Lipinski definition) is 1. The van der Waals surface area contributed by atoms with Gasteiger partial charge in [0.05, 0.1) is 7.11 Å². The Balaban J connectivity index is 3.11. The van der Waals surface area contributed by atoms with Crippen LogP contribution in [0.1, 0.15) is 17.3 Å². The maximum Gasteiger partial charge on any atom is 0.339 e. The Kier molecular flexibility index (Phi) is 3.78. The second kappa shape index (κ2) is 5.08. The minimum atomic E-state index is -1.07. The summed E-state index contributed by atoms with van der Waals surface area (Å²) in [4.78, 5) is 10.9. The van der Waals surface area contributed by atoms with Crippen molar-refractivity contribution in [2.24, 2.45) is 0 Å². The predicted molar refractivity (Wildman–Crippen MR) is 58.9 cm³/mol. The fraction of sp³-hybridized carbons (Fsp3) is 0.250. The van der Waals surface area contributed by atoms with E-state index in [0.29, 0.717) is 5.75 Å². The lowest BCUT2D eigenvalue weighted by molar-refractivity contribution is 0.0691. The van der Waals surface area contributed by atoms with Crippen LogP contribution >= 0.6 is 0 Å². The van der Waals surface area contributed by atoms with E-state index in [1.807, 2.05) is 0 Å². The minimum absolute atomic E-state index is 0.0582.